The van der Waals surface area contributed by atoms with Crippen LogP contribution >= 0.6 is 0 Å². The van der Waals surface area contributed by atoms with Crippen LogP contribution in [0.2, 0.25) is 0 Å². The number of carbonyl (C=O) groups is 1. The molecule has 8 N–H and O–H groups in total. The molecule has 0 aliphatic carbocycles. The molecule has 2 rings (SSSR count). The molecule has 0 aromatic carbocycles. The summed E-state index contributed by atoms with van der Waals surface area (Å²) in [5, 5.41) is 84.3. The second kappa shape index (κ2) is 21.0. The lowest BCUT2D eigenvalue weighted by Gasteiger charge is -2.29. The Morgan fingerprint density at radius 2 is 1.13 bits per heavy atom. The van der Waals surface area contributed by atoms with Crippen molar-refractivity contribution in [1.82, 2.24) is 0 Å². The number of carbonyl (C=O) groups excluding carboxylic acids is 1. The molecule has 0 unspecified atom stereocenters. The Kier molecular flexibility index (Phi) is 18.3. The average Bonchev–Trinajstić information content (AvgIpc) is 3.06. The van der Waals surface area contributed by atoms with Gasteiger partial charge >= 0.3 is 5.97 Å². The summed E-state index contributed by atoms with van der Waals surface area (Å²) >= 11 is 0. The van der Waals surface area contributed by atoms with Crippen molar-refractivity contribution >= 4 is 5.97 Å². The fraction of sp³-hybridized carbons (Fsp3) is 0.694. The Morgan fingerprint density at radius 1 is 0.617 bits per heavy atom. The topological polar surface area (TPSA) is 197 Å². The average molecular weight is 667 g/mol. The summed E-state index contributed by atoms with van der Waals surface area (Å²) in [6.07, 6.45) is 5.96. The van der Waals surface area contributed by atoms with Crippen molar-refractivity contribution in [1.29, 1.82) is 0 Å². The molecular weight excluding hydrogens is 608 g/mol. The van der Waals surface area contributed by atoms with E-state index >= 15 is 0 Å². The molecule has 2 heterocycles. The van der Waals surface area contributed by atoms with Crippen molar-refractivity contribution in [3.63, 3.8) is 0 Å². The number of cyclic esters (lactones) is 1. The van der Waals surface area contributed by atoms with Crippen LogP contribution in [0.4, 0.5) is 0 Å². The van der Waals surface area contributed by atoms with Crippen LogP contribution in [-0.4, -0.2) is 114 Å². The number of aliphatic hydroxyl groups excluding tert-OH is 8. The highest BCUT2D eigenvalue weighted by Gasteiger charge is 2.37. The Hall–Kier alpha value is -2.19. The summed E-state index contributed by atoms with van der Waals surface area (Å²) in [6, 6.07) is 0. The van der Waals surface area contributed by atoms with Gasteiger partial charge in [0.25, 0.3) is 0 Å². The van der Waals surface area contributed by atoms with Crippen LogP contribution in [0, 0.1) is 17.8 Å². The van der Waals surface area contributed by atoms with Crippen LogP contribution in [0.25, 0.3) is 0 Å². The molecule has 11 heteroatoms. The van der Waals surface area contributed by atoms with Crippen molar-refractivity contribution in [3.8, 4) is 0 Å². The fourth-order valence-electron chi connectivity index (χ4n) is 6.07. The third-order valence-electron chi connectivity index (χ3n) is 8.74. The predicted molar refractivity (Wildman–Crippen MR) is 178 cm³/mol. The molecule has 0 aromatic heterocycles. The lowest BCUT2D eigenvalue weighted by molar-refractivity contribution is -0.147. The SMILES string of the molecule is CC(C)[C@@H]1OC(=O)/C=C/C=C/C=C/C=C/[C@@H]2O[C@H](C[C@H](O)C[C@H](O)C[C@@H](O)C[C@H](O)C[C@@H](O)C[C@@H](O)/C=C/[C@@H]1C)[C@H](C)[C@@H](O)C[C@H]2O. The van der Waals surface area contributed by atoms with Crippen LogP contribution in [0.5, 0.6) is 0 Å². The quantitative estimate of drug-likeness (QED) is 0.151. The van der Waals surface area contributed by atoms with Crippen molar-refractivity contribution in [2.24, 2.45) is 17.8 Å². The first-order valence-electron chi connectivity index (χ1n) is 16.8. The lowest BCUT2D eigenvalue weighted by atomic mass is 9.90. The maximum atomic E-state index is 12.5. The van der Waals surface area contributed by atoms with Crippen LogP contribution in [0.1, 0.15) is 72.6 Å². The van der Waals surface area contributed by atoms with Gasteiger partial charge in [-0.1, -0.05) is 82.4 Å². The van der Waals surface area contributed by atoms with Gasteiger partial charge in [0, 0.05) is 30.8 Å². The number of allylic oxidation sites excluding steroid dienone is 6. The van der Waals surface area contributed by atoms with E-state index in [-0.39, 0.29) is 56.8 Å². The summed E-state index contributed by atoms with van der Waals surface area (Å²) in [6.45, 7) is 7.48. The largest absolute Gasteiger partial charge is 0.458 e. The second-order valence-corrected chi connectivity index (χ2v) is 13.5. The van der Waals surface area contributed by atoms with Crippen LogP contribution < -0.4 is 0 Å². The summed E-state index contributed by atoms with van der Waals surface area (Å²) in [5.74, 6) is -1.16. The molecule has 0 spiro atoms. The van der Waals surface area contributed by atoms with Crippen molar-refractivity contribution in [2.45, 2.75) is 140 Å². The summed E-state index contributed by atoms with van der Waals surface area (Å²) in [5.41, 5.74) is 0. The van der Waals surface area contributed by atoms with E-state index in [1.54, 1.807) is 55.5 Å². The van der Waals surface area contributed by atoms with Crippen molar-refractivity contribution in [2.75, 3.05) is 0 Å². The van der Waals surface area contributed by atoms with Gasteiger partial charge in [-0.3, -0.25) is 0 Å². The van der Waals surface area contributed by atoms with Gasteiger partial charge in [0.05, 0.1) is 54.9 Å². The highest BCUT2D eigenvalue weighted by atomic mass is 16.5. The number of esters is 1. The molecule has 0 amide bonds. The number of rotatable bonds is 1. The van der Waals surface area contributed by atoms with Gasteiger partial charge in [-0.15, -0.1) is 0 Å². The second-order valence-electron chi connectivity index (χ2n) is 13.5. The Labute approximate surface area is 279 Å². The molecule has 47 heavy (non-hydrogen) atoms. The van der Waals surface area contributed by atoms with E-state index in [0.717, 1.165) is 0 Å². The van der Waals surface area contributed by atoms with Gasteiger partial charge in [0.1, 0.15) is 12.2 Å². The Bertz CT molecular complexity index is 1050. The first kappa shape index (κ1) is 41.0. The van der Waals surface area contributed by atoms with Crippen LogP contribution in [0.15, 0.2) is 60.8 Å². The van der Waals surface area contributed by atoms with Crippen molar-refractivity contribution in [3.05, 3.63) is 60.8 Å². The molecule has 2 aliphatic heterocycles. The molecule has 2 aliphatic rings. The van der Waals surface area contributed by atoms with E-state index in [9.17, 15) is 45.6 Å². The molecular formula is C36H58O11. The third-order valence-corrected chi connectivity index (χ3v) is 8.74. The van der Waals surface area contributed by atoms with Gasteiger partial charge in [-0.25, -0.2) is 4.79 Å². The molecule has 268 valence electrons. The summed E-state index contributed by atoms with van der Waals surface area (Å²) in [4.78, 5) is 12.5. The number of fused-ring (bicyclic) bond motifs is 2. The minimum absolute atomic E-state index is 0.00861. The molecule has 2 bridgehead atoms. The maximum absolute atomic E-state index is 12.5. The normalized spacial score (nSPS) is 43.3. The fourth-order valence-corrected chi connectivity index (χ4v) is 6.07. The van der Waals surface area contributed by atoms with Gasteiger partial charge in [0.2, 0.25) is 0 Å². The summed E-state index contributed by atoms with van der Waals surface area (Å²) < 4.78 is 11.8. The van der Waals surface area contributed by atoms with Crippen LogP contribution in [-0.2, 0) is 14.3 Å². The molecule has 1 saturated heterocycles. The van der Waals surface area contributed by atoms with E-state index in [4.69, 9.17) is 9.47 Å². The molecule has 0 aromatic rings. The molecule has 0 radical (unpaired) electrons. The number of ether oxygens (including phenoxy) is 2. The molecule has 0 saturated carbocycles. The standard InChI is InChI=1S/C36H58O11/c1-22(2)36-23(3)13-14-25(37)15-26(38)16-27(39)17-28(40)18-29(41)19-30(42)20-34-24(4)31(43)21-32(44)33(46-34)11-9-7-5-6-8-10-12-35(45)47-36/h5-14,22-34,36-44H,15-21H2,1-4H3/b7-5+,8-6+,11-9+,12-10+,14-13+/t23-,24+,25-,26-,27+,28-,29+,30+,31-,32+,33-,34+,36-/m0/s1. The van der Waals surface area contributed by atoms with Gasteiger partial charge in [0.15, 0.2) is 0 Å². The number of hydrogen-bond donors (Lipinski definition) is 8. The maximum Gasteiger partial charge on any atom is 0.331 e. The van der Waals surface area contributed by atoms with E-state index in [0.29, 0.717) is 0 Å². The first-order valence-corrected chi connectivity index (χ1v) is 16.8. The predicted octanol–water partition coefficient (Wildman–Crippen LogP) is 2.01. The van der Waals surface area contributed by atoms with Crippen LogP contribution in [0.3, 0.4) is 0 Å². The zero-order valence-corrected chi connectivity index (χ0v) is 28.1. The zero-order valence-electron chi connectivity index (χ0n) is 28.1. The monoisotopic (exact) mass is 666 g/mol. The van der Waals surface area contributed by atoms with E-state index in [1.807, 2.05) is 20.8 Å². The summed E-state index contributed by atoms with van der Waals surface area (Å²) in [7, 11) is 0. The number of hydrogen-bond acceptors (Lipinski definition) is 11. The van der Waals surface area contributed by atoms with E-state index in [1.165, 1.54) is 12.2 Å². The zero-order chi connectivity index (χ0) is 35.1. The van der Waals surface area contributed by atoms with E-state index < -0.39 is 79.0 Å². The van der Waals surface area contributed by atoms with Gasteiger partial charge < -0.3 is 50.3 Å². The molecule has 1 fully saturated rings. The Morgan fingerprint density at radius 3 is 1.70 bits per heavy atom. The lowest BCUT2D eigenvalue weighted by Crippen LogP contribution is -2.35. The number of aliphatic hydroxyl groups is 8. The first-order chi connectivity index (χ1) is 22.2. The van der Waals surface area contributed by atoms with E-state index in [2.05, 4.69) is 0 Å². The smallest absolute Gasteiger partial charge is 0.331 e. The minimum atomic E-state index is -1.10. The highest BCUT2D eigenvalue weighted by molar-refractivity contribution is 5.82. The minimum Gasteiger partial charge on any atom is -0.458 e. The molecule has 11 nitrogen and oxygen atoms in total. The van der Waals surface area contributed by atoms with Gasteiger partial charge in [-0.05, 0) is 38.0 Å². The Balaban J connectivity index is 2.22. The third kappa shape index (κ3) is 15.7. The molecule has 13 atom stereocenters. The highest BCUT2D eigenvalue weighted by Crippen LogP contribution is 2.29. The van der Waals surface area contributed by atoms with Gasteiger partial charge in [-0.2, -0.15) is 0 Å². The van der Waals surface area contributed by atoms with Crippen molar-refractivity contribution < 1.29 is 55.1 Å².